The van der Waals surface area contributed by atoms with Crippen LogP contribution in [0, 0.1) is 0 Å². The summed E-state index contributed by atoms with van der Waals surface area (Å²) in [6.07, 6.45) is -2.30. The zero-order valence-electron chi connectivity index (χ0n) is 21.7. The molecule has 0 spiro atoms. The van der Waals surface area contributed by atoms with E-state index >= 15 is 0 Å². The Morgan fingerprint density at radius 2 is 1.62 bits per heavy atom. The molecule has 39 heavy (non-hydrogen) atoms. The summed E-state index contributed by atoms with van der Waals surface area (Å²) in [5, 5.41) is 8.06. The first-order chi connectivity index (χ1) is 18.2. The zero-order valence-corrected chi connectivity index (χ0v) is 21.7. The van der Waals surface area contributed by atoms with Crippen molar-refractivity contribution in [3.63, 3.8) is 0 Å². The number of carboxylic acid groups (broad SMARTS) is 1. The Balaban J connectivity index is 0.000000532. The largest absolute Gasteiger partial charge is 0.490 e. The molecule has 0 saturated carbocycles. The van der Waals surface area contributed by atoms with E-state index in [1.807, 2.05) is 48.7 Å². The topological polar surface area (TPSA) is 129 Å². The van der Waals surface area contributed by atoms with E-state index in [1.165, 1.54) is 4.57 Å². The number of carboxylic acids is 1. The van der Waals surface area contributed by atoms with Gasteiger partial charge in [-0.2, -0.15) is 13.2 Å². The van der Waals surface area contributed by atoms with Crippen molar-refractivity contribution >= 4 is 33.9 Å². The molecule has 208 valence electrons. The third-order valence-electron chi connectivity index (χ3n) is 5.45. The fourth-order valence-corrected chi connectivity index (χ4v) is 3.91. The third kappa shape index (κ3) is 7.23. The van der Waals surface area contributed by atoms with Crippen LogP contribution in [0.2, 0.25) is 0 Å². The molecule has 4 aromatic rings. The van der Waals surface area contributed by atoms with E-state index in [2.05, 4.69) is 4.57 Å². The minimum atomic E-state index is -5.08. The quantitative estimate of drug-likeness (QED) is 0.344. The molecule has 0 atom stereocenters. The molecule has 9 nitrogen and oxygen atoms in total. The standard InChI is InChI=1S/C25H28N4O3.C2HF3O2/c1-25(2,3)32-22(30)16-29-21-12-7-5-10-19(21)27-23(24(29)31)18-15-28(14-8-13-26)20-11-6-4-9-17(18)20;3-2(4,5)1(6)7/h4-7,9-12,15H,8,13-14,16,26H2,1-3H3;(H,6,7). The number of benzene rings is 2. The van der Waals surface area contributed by atoms with Crippen LogP contribution in [-0.4, -0.2) is 49.5 Å². The van der Waals surface area contributed by atoms with Gasteiger partial charge in [-0.15, -0.1) is 0 Å². The molecule has 2 aromatic heterocycles. The molecule has 0 radical (unpaired) electrons. The number of aromatic nitrogens is 3. The van der Waals surface area contributed by atoms with Crippen molar-refractivity contribution in [2.24, 2.45) is 5.73 Å². The lowest BCUT2D eigenvalue weighted by Crippen LogP contribution is -2.31. The summed E-state index contributed by atoms with van der Waals surface area (Å²) >= 11 is 0. The number of carbonyl (C=O) groups is 2. The van der Waals surface area contributed by atoms with Gasteiger partial charge in [-0.3, -0.25) is 14.2 Å². The maximum atomic E-state index is 13.6. The van der Waals surface area contributed by atoms with Crippen molar-refractivity contribution < 1.29 is 32.6 Å². The number of hydrogen-bond donors (Lipinski definition) is 2. The van der Waals surface area contributed by atoms with Gasteiger partial charge in [0, 0.05) is 29.2 Å². The third-order valence-corrected chi connectivity index (χ3v) is 5.45. The van der Waals surface area contributed by atoms with Crippen molar-refractivity contribution in [3.8, 4) is 11.3 Å². The van der Waals surface area contributed by atoms with Gasteiger partial charge in [-0.1, -0.05) is 30.3 Å². The van der Waals surface area contributed by atoms with Gasteiger partial charge in [0.1, 0.15) is 17.8 Å². The number of fused-ring (bicyclic) bond motifs is 2. The number of rotatable bonds is 6. The average molecular weight is 547 g/mol. The van der Waals surface area contributed by atoms with Crippen molar-refractivity contribution in [2.45, 2.75) is 52.1 Å². The first kappa shape index (κ1) is 29.4. The molecule has 0 saturated heterocycles. The maximum Gasteiger partial charge on any atom is 0.490 e. The van der Waals surface area contributed by atoms with Gasteiger partial charge in [0.2, 0.25) is 0 Å². The first-order valence-electron chi connectivity index (χ1n) is 12.0. The minimum Gasteiger partial charge on any atom is -0.475 e. The highest BCUT2D eigenvalue weighted by Crippen LogP contribution is 2.29. The molecular formula is C27H29F3N4O5. The molecule has 3 N–H and O–H groups in total. The summed E-state index contributed by atoms with van der Waals surface area (Å²) in [6.45, 7) is 6.56. The number of esters is 1. The van der Waals surface area contributed by atoms with Gasteiger partial charge < -0.3 is 20.1 Å². The normalized spacial score (nSPS) is 11.8. The van der Waals surface area contributed by atoms with Gasteiger partial charge in [0.25, 0.3) is 5.56 Å². The molecule has 0 bridgehead atoms. The predicted octanol–water partition coefficient (Wildman–Crippen LogP) is 4.34. The summed E-state index contributed by atoms with van der Waals surface area (Å²) in [6, 6.07) is 15.3. The number of para-hydroxylation sites is 3. The van der Waals surface area contributed by atoms with E-state index in [-0.39, 0.29) is 12.1 Å². The Bertz CT molecular complexity index is 1550. The number of halogens is 3. The zero-order chi connectivity index (χ0) is 29.0. The van der Waals surface area contributed by atoms with Crippen LogP contribution in [0.15, 0.2) is 59.5 Å². The number of aryl methyl sites for hydroxylation is 1. The summed E-state index contributed by atoms with van der Waals surface area (Å²) in [4.78, 5) is 39.8. The Labute approximate surface area is 221 Å². The van der Waals surface area contributed by atoms with Crippen LogP contribution >= 0.6 is 0 Å². The molecule has 2 heterocycles. The average Bonchev–Trinajstić information content (AvgIpc) is 3.21. The first-order valence-corrected chi connectivity index (χ1v) is 12.0. The van der Waals surface area contributed by atoms with E-state index in [9.17, 15) is 22.8 Å². The monoisotopic (exact) mass is 546 g/mol. The number of nitrogens with two attached hydrogens (primary N) is 1. The van der Waals surface area contributed by atoms with Crippen LogP contribution < -0.4 is 11.3 Å². The van der Waals surface area contributed by atoms with Crippen LogP contribution in [-0.2, 0) is 27.4 Å². The number of alkyl halides is 3. The van der Waals surface area contributed by atoms with Gasteiger partial charge in [0.15, 0.2) is 0 Å². The van der Waals surface area contributed by atoms with E-state index < -0.39 is 23.7 Å². The fourth-order valence-electron chi connectivity index (χ4n) is 3.91. The van der Waals surface area contributed by atoms with Crippen LogP contribution in [0.4, 0.5) is 13.2 Å². The maximum absolute atomic E-state index is 13.6. The van der Waals surface area contributed by atoms with Crippen molar-refractivity contribution in [2.75, 3.05) is 6.54 Å². The van der Waals surface area contributed by atoms with Gasteiger partial charge in [0.05, 0.1) is 11.0 Å². The van der Waals surface area contributed by atoms with Crippen molar-refractivity contribution in [1.29, 1.82) is 0 Å². The molecule has 0 aliphatic heterocycles. The second-order valence-electron chi connectivity index (χ2n) is 9.63. The van der Waals surface area contributed by atoms with Crippen molar-refractivity contribution in [3.05, 3.63) is 65.1 Å². The molecule has 12 heteroatoms. The number of aliphatic carboxylic acids is 1. The highest BCUT2D eigenvalue weighted by atomic mass is 19.4. The summed E-state index contributed by atoms with van der Waals surface area (Å²) < 4.78 is 40.8. The van der Waals surface area contributed by atoms with Crippen molar-refractivity contribution in [1.82, 2.24) is 14.1 Å². The van der Waals surface area contributed by atoms with Gasteiger partial charge >= 0.3 is 18.1 Å². The predicted molar refractivity (Wildman–Crippen MR) is 140 cm³/mol. The Morgan fingerprint density at radius 1 is 1.03 bits per heavy atom. The summed E-state index contributed by atoms with van der Waals surface area (Å²) in [7, 11) is 0. The molecule has 0 unspecified atom stereocenters. The van der Waals surface area contributed by atoms with Gasteiger partial charge in [-0.05, 0) is 51.9 Å². The Morgan fingerprint density at radius 3 is 2.21 bits per heavy atom. The van der Waals surface area contributed by atoms with Crippen LogP contribution in [0.3, 0.4) is 0 Å². The second kappa shape index (κ2) is 11.7. The smallest absolute Gasteiger partial charge is 0.475 e. The fraction of sp³-hybridized carbons (Fsp3) is 0.333. The molecule has 0 aliphatic carbocycles. The molecule has 4 rings (SSSR count). The Hall–Kier alpha value is -4.19. The van der Waals surface area contributed by atoms with Gasteiger partial charge in [-0.25, -0.2) is 9.78 Å². The van der Waals surface area contributed by atoms with E-state index in [4.69, 9.17) is 25.4 Å². The van der Waals surface area contributed by atoms with Crippen LogP contribution in [0.1, 0.15) is 27.2 Å². The molecule has 0 fully saturated rings. The van der Waals surface area contributed by atoms with E-state index in [0.717, 1.165) is 29.4 Å². The highest BCUT2D eigenvalue weighted by molar-refractivity contribution is 5.96. The molecule has 0 aliphatic rings. The molecule has 0 amide bonds. The summed E-state index contributed by atoms with van der Waals surface area (Å²) in [5.41, 5.74) is 8.07. The molecule has 2 aromatic carbocycles. The number of ether oxygens (including phenoxy) is 1. The van der Waals surface area contributed by atoms with Crippen LogP contribution in [0.5, 0.6) is 0 Å². The van der Waals surface area contributed by atoms with E-state index in [1.54, 1.807) is 26.8 Å². The second-order valence-corrected chi connectivity index (χ2v) is 9.63. The Kier molecular flexibility index (Phi) is 8.80. The van der Waals surface area contributed by atoms with Crippen LogP contribution in [0.25, 0.3) is 33.2 Å². The lowest BCUT2D eigenvalue weighted by molar-refractivity contribution is -0.192. The lowest BCUT2D eigenvalue weighted by atomic mass is 10.1. The lowest BCUT2D eigenvalue weighted by Gasteiger charge is -2.20. The van der Waals surface area contributed by atoms with E-state index in [0.29, 0.717) is 23.3 Å². The summed E-state index contributed by atoms with van der Waals surface area (Å²) in [5.74, 6) is -3.22. The molecular weight excluding hydrogens is 517 g/mol. The number of nitrogens with zero attached hydrogens (tertiary/aromatic N) is 3. The number of hydrogen-bond acceptors (Lipinski definition) is 6. The highest BCUT2D eigenvalue weighted by Gasteiger charge is 2.38. The number of carbonyl (C=O) groups excluding carboxylic acids is 1. The SMILES string of the molecule is CC(C)(C)OC(=O)Cn1c(=O)c(-c2cn(CCCN)c3ccccc23)nc2ccccc21.O=C(O)C(F)(F)F. The minimum absolute atomic E-state index is 0.183.